The highest BCUT2D eigenvalue weighted by atomic mass is 16.5. The van der Waals surface area contributed by atoms with E-state index in [2.05, 4.69) is 21.7 Å². The summed E-state index contributed by atoms with van der Waals surface area (Å²) in [5.41, 5.74) is 2.79. The Bertz CT molecular complexity index is 482. The highest BCUT2D eigenvalue weighted by Crippen LogP contribution is 2.17. The maximum atomic E-state index is 4.95. The molecule has 0 aromatic carbocycles. The Labute approximate surface area is 87.7 Å². The standard InChI is InChI=1S/C11H11N3O/c1-4-10-13-11(14-15-10)9-5-7(2)12-8(3)6-9/h4-6H,1H2,2-3H3. The second kappa shape index (κ2) is 3.65. The van der Waals surface area contributed by atoms with Gasteiger partial charge in [-0.1, -0.05) is 11.7 Å². The van der Waals surface area contributed by atoms with E-state index in [-0.39, 0.29) is 0 Å². The highest BCUT2D eigenvalue weighted by Gasteiger charge is 2.07. The molecule has 2 heterocycles. The lowest BCUT2D eigenvalue weighted by atomic mass is 10.2. The number of aromatic nitrogens is 3. The zero-order valence-corrected chi connectivity index (χ0v) is 8.69. The lowest BCUT2D eigenvalue weighted by Gasteiger charge is -1.98. The first-order valence-corrected chi connectivity index (χ1v) is 4.61. The summed E-state index contributed by atoms with van der Waals surface area (Å²) < 4.78 is 4.95. The molecule has 0 atom stereocenters. The third-order valence-corrected chi connectivity index (χ3v) is 1.96. The zero-order valence-electron chi connectivity index (χ0n) is 8.69. The number of aryl methyl sites for hydroxylation is 2. The molecule has 0 saturated heterocycles. The minimum Gasteiger partial charge on any atom is -0.334 e. The van der Waals surface area contributed by atoms with E-state index in [1.165, 1.54) is 6.08 Å². The van der Waals surface area contributed by atoms with Crippen molar-refractivity contribution < 1.29 is 4.52 Å². The monoisotopic (exact) mass is 201 g/mol. The van der Waals surface area contributed by atoms with Crippen molar-refractivity contribution in [1.82, 2.24) is 15.1 Å². The number of pyridine rings is 1. The van der Waals surface area contributed by atoms with Gasteiger partial charge in [0.2, 0.25) is 11.7 Å². The van der Waals surface area contributed by atoms with Gasteiger partial charge in [0.25, 0.3) is 0 Å². The summed E-state index contributed by atoms with van der Waals surface area (Å²) in [6, 6.07) is 3.84. The quantitative estimate of drug-likeness (QED) is 0.748. The Hall–Kier alpha value is -1.97. The van der Waals surface area contributed by atoms with Crippen LogP contribution in [-0.4, -0.2) is 15.1 Å². The normalized spacial score (nSPS) is 10.3. The molecule has 4 nitrogen and oxygen atoms in total. The van der Waals surface area contributed by atoms with E-state index in [1.807, 2.05) is 26.0 Å². The molecule has 0 aliphatic rings. The molecule has 2 rings (SSSR count). The first kappa shape index (κ1) is 9.58. The van der Waals surface area contributed by atoms with E-state index < -0.39 is 0 Å². The molecule has 0 saturated carbocycles. The SMILES string of the molecule is C=Cc1nc(-c2cc(C)nc(C)c2)no1. The van der Waals surface area contributed by atoms with Crippen LogP contribution in [0.25, 0.3) is 17.5 Å². The number of hydrogen-bond donors (Lipinski definition) is 0. The molecule has 4 heteroatoms. The molecule has 0 fully saturated rings. The van der Waals surface area contributed by atoms with Gasteiger partial charge in [0.05, 0.1) is 0 Å². The van der Waals surface area contributed by atoms with Crippen LogP contribution < -0.4 is 0 Å². The second-order valence-corrected chi connectivity index (χ2v) is 3.30. The Kier molecular flexibility index (Phi) is 2.33. The summed E-state index contributed by atoms with van der Waals surface area (Å²) in [5, 5.41) is 3.85. The topological polar surface area (TPSA) is 51.8 Å². The molecule has 0 aliphatic carbocycles. The van der Waals surface area contributed by atoms with Crippen LogP contribution in [0.2, 0.25) is 0 Å². The summed E-state index contributed by atoms with van der Waals surface area (Å²) in [5.74, 6) is 0.996. The van der Waals surface area contributed by atoms with Crippen molar-refractivity contribution in [1.29, 1.82) is 0 Å². The van der Waals surface area contributed by atoms with Crippen LogP contribution in [0, 0.1) is 13.8 Å². The van der Waals surface area contributed by atoms with Crippen LogP contribution in [0.4, 0.5) is 0 Å². The molecule has 0 unspecified atom stereocenters. The molecule has 0 spiro atoms. The van der Waals surface area contributed by atoms with Crippen LogP contribution in [0.15, 0.2) is 23.2 Å². The van der Waals surface area contributed by atoms with Crippen LogP contribution in [0.5, 0.6) is 0 Å². The lowest BCUT2D eigenvalue weighted by molar-refractivity contribution is 0.411. The predicted octanol–water partition coefficient (Wildman–Crippen LogP) is 2.39. The van der Waals surface area contributed by atoms with Crippen molar-refractivity contribution in [2.75, 3.05) is 0 Å². The molecule has 0 amide bonds. The number of rotatable bonds is 2. The third-order valence-electron chi connectivity index (χ3n) is 1.96. The van der Waals surface area contributed by atoms with Gasteiger partial charge in [-0.2, -0.15) is 4.98 Å². The van der Waals surface area contributed by atoms with E-state index in [0.717, 1.165) is 17.0 Å². The van der Waals surface area contributed by atoms with E-state index in [9.17, 15) is 0 Å². The summed E-state index contributed by atoms with van der Waals surface area (Å²) >= 11 is 0. The van der Waals surface area contributed by atoms with Gasteiger partial charge in [-0.15, -0.1) is 0 Å². The molecule has 2 aromatic heterocycles. The van der Waals surface area contributed by atoms with Crippen molar-refractivity contribution in [2.24, 2.45) is 0 Å². The van der Waals surface area contributed by atoms with Crippen molar-refractivity contribution in [3.63, 3.8) is 0 Å². The highest BCUT2D eigenvalue weighted by molar-refractivity contribution is 5.56. The Morgan fingerprint density at radius 2 is 1.87 bits per heavy atom. The first-order chi connectivity index (χ1) is 7.19. The number of nitrogens with zero attached hydrogens (tertiary/aromatic N) is 3. The molecule has 0 N–H and O–H groups in total. The summed E-state index contributed by atoms with van der Waals surface area (Å²) in [7, 11) is 0. The first-order valence-electron chi connectivity index (χ1n) is 4.61. The van der Waals surface area contributed by atoms with Gasteiger partial charge in [0.1, 0.15) is 0 Å². The van der Waals surface area contributed by atoms with Gasteiger partial charge in [-0.3, -0.25) is 4.98 Å². The van der Waals surface area contributed by atoms with Gasteiger partial charge >= 0.3 is 0 Å². The smallest absolute Gasteiger partial charge is 0.250 e. The Balaban J connectivity index is 2.48. The minimum atomic E-state index is 0.428. The second-order valence-electron chi connectivity index (χ2n) is 3.30. The minimum absolute atomic E-state index is 0.428. The van der Waals surface area contributed by atoms with Crippen LogP contribution in [-0.2, 0) is 0 Å². The fourth-order valence-electron chi connectivity index (χ4n) is 1.40. The van der Waals surface area contributed by atoms with Crippen LogP contribution >= 0.6 is 0 Å². The van der Waals surface area contributed by atoms with Crippen LogP contribution in [0.1, 0.15) is 17.3 Å². The van der Waals surface area contributed by atoms with Gasteiger partial charge in [0.15, 0.2) is 0 Å². The van der Waals surface area contributed by atoms with E-state index in [1.54, 1.807) is 0 Å². The zero-order chi connectivity index (χ0) is 10.8. The van der Waals surface area contributed by atoms with Gasteiger partial charge in [-0.05, 0) is 32.1 Å². The Morgan fingerprint density at radius 1 is 1.20 bits per heavy atom. The van der Waals surface area contributed by atoms with Gasteiger partial charge in [0, 0.05) is 17.0 Å². The number of hydrogen-bond acceptors (Lipinski definition) is 4. The fraction of sp³-hybridized carbons (Fsp3) is 0.182. The van der Waals surface area contributed by atoms with Gasteiger partial charge in [-0.25, -0.2) is 0 Å². The fourth-order valence-corrected chi connectivity index (χ4v) is 1.40. The van der Waals surface area contributed by atoms with Crippen molar-refractivity contribution in [3.8, 4) is 11.4 Å². The molecule has 76 valence electrons. The lowest BCUT2D eigenvalue weighted by Crippen LogP contribution is -1.89. The summed E-state index contributed by atoms with van der Waals surface area (Å²) in [6.45, 7) is 7.44. The molecule has 0 radical (unpaired) electrons. The predicted molar refractivity (Wildman–Crippen MR) is 57.1 cm³/mol. The molecule has 0 aliphatic heterocycles. The molecule has 0 bridgehead atoms. The maximum absolute atomic E-state index is 4.95. The van der Waals surface area contributed by atoms with E-state index in [4.69, 9.17) is 4.52 Å². The largest absolute Gasteiger partial charge is 0.334 e. The van der Waals surface area contributed by atoms with Crippen molar-refractivity contribution in [3.05, 3.63) is 36.0 Å². The summed E-state index contributed by atoms with van der Waals surface area (Å²) in [6.07, 6.45) is 1.53. The summed E-state index contributed by atoms with van der Waals surface area (Å²) in [4.78, 5) is 8.44. The third kappa shape index (κ3) is 1.93. The molecular formula is C11H11N3O. The molecule has 15 heavy (non-hydrogen) atoms. The maximum Gasteiger partial charge on any atom is 0.250 e. The Morgan fingerprint density at radius 3 is 2.40 bits per heavy atom. The average molecular weight is 201 g/mol. The van der Waals surface area contributed by atoms with Gasteiger partial charge < -0.3 is 4.52 Å². The van der Waals surface area contributed by atoms with E-state index in [0.29, 0.717) is 11.7 Å². The van der Waals surface area contributed by atoms with Crippen molar-refractivity contribution in [2.45, 2.75) is 13.8 Å². The van der Waals surface area contributed by atoms with Crippen molar-refractivity contribution >= 4 is 6.08 Å². The molecular weight excluding hydrogens is 190 g/mol. The van der Waals surface area contributed by atoms with E-state index >= 15 is 0 Å². The molecule has 2 aromatic rings. The van der Waals surface area contributed by atoms with Crippen LogP contribution in [0.3, 0.4) is 0 Å². The average Bonchev–Trinajstić information content (AvgIpc) is 2.64.